The molecule has 0 aromatic rings. The van der Waals surface area contributed by atoms with Gasteiger partial charge in [0.2, 0.25) is 17.7 Å². The minimum atomic E-state index is -1.50. The molecule has 5 unspecified atom stereocenters. The van der Waals surface area contributed by atoms with Crippen molar-refractivity contribution in [3.05, 3.63) is 0 Å². The summed E-state index contributed by atoms with van der Waals surface area (Å²) in [5.74, 6) is -1.29. The number of carbonyl (C=O) groups is 4. The van der Waals surface area contributed by atoms with E-state index in [9.17, 15) is 24.3 Å². The summed E-state index contributed by atoms with van der Waals surface area (Å²) in [6, 6.07) is -2.91. The molecule has 1 heterocycles. The first kappa shape index (κ1) is 30.9. The van der Waals surface area contributed by atoms with Crippen LogP contribution in [0.25, 0.3) is 0 Å². The van der Waals surface area contributed by atoms with Crippen LogP contribution in [0.4, 0.5) is 4.79 Å². The van der Waals surface area contributed by atoms with Gasteiger partial charge in [0.25, 0.3) is 0 Å². The highest BCUT2D eigenvalue weighted by Gasteiger charge is 2.48. The number of nitrogens with two attached hydrogens (primary N) is 1. The van der Waals surface area contributed by atoms with Gasteiger partial charge in [-0.2, -0.15) is 0 Å². The lowest BCUT2D eigenvalue weighted by atomic mass is 9.79. The number of likely N-dealkylation sites (tertiary alicyclic amines) is 1. The maximum absolute atomic E-state index is 13.9. The molecule has 37 heavy (non-hydrogen) atoms. The topological polar surface area (TPSA) is 154 Å². The minimum absolute atomic E-state index is 0.108. The van der Waals surface area contributed by atoms with Crippen LogP contribution in [-0.4, -0.2) is 70.1 Å². The first-order valence-corrected chi connectivity index (χ1v) is 13.6. The predicted octanol–water partition coefficient (Wildman–Crippen LogP) is 1.89. The van der Waals surface area contributed by atoms with Crippen LogP contribution >= 0.6 is 0 Å². The molecule has 0 aromatic carbocycles. The zero-order valence-corrected chi connectivity index (χ0v) is 23.9. The predicted molar refractivity (Wildman–Crippen MR) is 142 cm³/mol. The van der Waals surface area contributed by atoms with Gasteiger partial charge in [0.05, 0.1) is 6.04 Å². The summed E-state index contributed by atoms with van der Waals surface area (Å²) in [5.41, 5.74) is 4.29. The Morgan fingerprint density at radius 2 is 1.59 bits per heavy atom. The molecule has 1 aliphatic carbocycles. The maximum Gasteiger partial charge on any atom is 0.315 e. The lowest BCUT2D eigenvalue weighted by Crippen LogP contribution is -2.62. The van der Waals surface area contributed by atoms with Crippen molar-refractivity contribution in [3.8, 4) is 0 Å². The van der Waals surface area contributed by atoms with Crippen LogP contribution in [0, 0.1) is 23.2 Å². The number of hydrogen-bond acceptors (Lipinski definition) is 5. The van der Waals surface area contributed by atoms with E-state index >= 15 is 0 Å². The average Bonchev–Trinajstić information content (AvgIpc) is 3.16. The average molecular weight is 524 g/mol. The Kier molecular flexibility index (Phi) is 10.0. The van der Waals surface area contributed by atoms with Crippen molar-refractivity contribution in [2.75, 3.05) is 6.54 Å². The summed E-state index contributed by atoms with van der Waals surface area (Å²) in [6.45, 7) is 15.6. The lowest BCUT2D eigenvalue weighted by Gasteiger charge is -2.38. The van der Waals surface area contributed by atoms with E-state index in [0.717, 1.165) is 19.3 Å². The van der Waals surface area contributed by atoms with Gasteiger partial charge in [-0.3, -0.25) is 14.4 Å². The van der Waals surface area contributed by atoms with Gasteiger partial charge < -0.3 is 31.7 Å². The molecule has 0 spiro atoms. The van der Waals surface area contributed by atoms with Crippen molar-refractivity contribution in [2.24, 2.45) is 28.9 Å². The molecule has 6 N–H and O–H groups in total. The van der Waals surface area contributed by atoms with E-state index in [2.05, 4.69) is 16.0 Å². The van der Waals surface area contributed by atoms with Crippen LogP contribution in [-0.2, 0) is 14.4 Å². The largest absolute Gasteiger partial charge is 0.381 e. The van der Waals surface area contributed by atoms with Crippen LogP contribution in [0.5, 0.6) is 0 Å². The van der Waals surface area contributed by atoms with Crippen molar-refractivity contribution >= 4 is 23.8 Å². The molecule has 0 aromatic heterocycles. The zero-order chi connectivity index (χ0) is 28.3. The van der Waals surface area contributed by atoms with E-state index in [1.165, 1.54) is 0 Å². The van der Waals surface area contributed by atoms with Gasteiger partial charge in [0.15, 0.2) is 6.10 Å². The summed E-state index contributed by atoms with van der Waals surface area (Å²) in [6.07, 6.45) is 2.65. The summed E-state index contributed by atoms with van der Waals surface area (Å²) >= 11 is 0. The smallest absolute Gasteiger partial charge is 0.315 e. The molecule has 212 valence electrons. The Bertz CT molecular complexity index is 843. The molecule has 5 amide bonds. The Balaban J connectivity index is 2.31. The van der Waals surface area contributed by atoms with Crippen LogP contribution in [0.15, 0.2) is 0 Å². The summed E-state index contributed by atoms with van der Waals surface area (Å²) in [5, 5.41) is 19.0. The van der Waals surface area contributed by atoms with Crippen LogP contribution in [0.3, 0.4) is 0 Å². The van der Waals surface area contributed by atoms with Gasteiger partial charge in [0, 0.05) is 12.1 Å². The fourth-order valence-corrected chi connectivity index (χ4v) is 5.24. The fourth-order valence-electron chi connectivity index (χ4n) is 5.24. The standard InChI is InChI=1S/C27H49N5O5/c1-15(2)17-12-13-32(24(36)21(26(3,4)5)30-25(37)31-27(6,7)8)19(17)23(35)29-18(20(33)22(28)34)14-16-10-9-11-16/h15-21,33H,9-14H2,1-8H3,(H2,28,34)(H,29,35)(H2,30,31,37). The highest BCUT2D eigenvalue weighted by molar-refractivity contribution is 5.93. The van der Waals surface area contributed by atoms with Gasteiger partial charge in [-0.05, 0) is 56.8 Å². The number of aliphatic hydroxyl groups is 1. The number of nitrogens with zero attached hydrogens (tertiary/aromatic N) is 1. The Morgan fingerprint density at radius 1 is 1.00 bits per heavy atom. The third-order valence-corrected chi connectivity index (χ3v) is 7.54. The lowest BCUT2D eigenvalue weighted by molar-refractivity contribution is -0.144. The third kappa shape index (κ3) is 8.32. The second kappa shape index (κ2) is 12.0. The number of amides is 5. The summed E-state index contributed by atoms with van der Waals surface area (Å²) < 4.78 is 0. The molecule has 1 aliphatic heterocycles. The summed E-state index contributed by atoms with van der Waals surface area (Å²) in [4.78, 5) is 53.7. The van der Waals surface area contributed by atoms with Crippen LogP contribution in [0.2, 0.25) is 0 Å². The van der Waals surface area contributed by atoms with Crippen LogP contribution in [0.1, 0.15) is 87.5 Å². The van der Waals surface area contributed by atoms with Gasteiger partial charge in [-0.1, -0.05) is 53.9 Å². The second-order valence-corrected chi connectivity index (χ2v) is 13.3. The second-order valence-electron chi connectivity index (χ2n) is 13.3. The van der Waals surface area contributed by atoms with Crippen molar-refractivity contribution < 1.29 is 24.3 Å². The monoisotopic (exact) mass is 523 g/mol. The SMILES string of the molecule is CC(C)C1CCN(C(=O)C(NC(=O)NC(C)(C)C)C(C)(C)C)C1C(=O)NC(CC1CCC1)C(O)C(N)=O. The third-order valence-electron chi connectivity index (χ3n) is 7.54. The molecule has 0 bridgehead atoms. The van der Waals surface area contributed by atoms with Crippen LogP contribution < -0.4 is 21.7 Å². The van der Waals surface area contributed by atoms with Crippen molar-refractivity contribution in [1.29, 1.82) is 0 Å². The molecule has 1 saturated heterocycles. The van der Waals surface area contributed by atoms with E-state index in [4.69, 9.17) is 5.73 Å². The molecular weight excluding hydrogens is 474 g/mol. The van der Waals surface area contributed by atoms with Crippen molar-refractivity contribution in [1.82, 2.24) is 20.9 Å². The molecule has 2 rings (SSSR count). The quantitative estimate of drug-likeness (QED) is 0.312. The highest BCUT2D eigenvalue weighted by atomic mass is 16.3. The number of rotatable bonds is 9. The number of urea groups is 1. The first-order chi connectivity index (χ1) is 16.9. The Morgan fingerprint density at radius 3 is 2.03 bits per heavy atom. The first-order valence-electron chi connectivity index (χ1n) is 13.6. The minimum Gasteiger partial charge on any atom is -0.381 e. The fraction of sp³-hybridized carbons (Fsp3) is 0.852. The number of aliphatic hydroxyl groups excluding tert-OH is 1. The van der Waals surface area contributed by atoms with Gasteiger partial charge in [-0.25, -0.2) is 4.79 Å². The molecule has 2 fully saturated rings. The molecule has 10 heteroatoms. The Labute approximate surface area is 221 Å². The highest BCUT2D eigenvalue weighted by Crippen LogP contribution is 2.34. The van der Waals surface area contributed by atoms with E-state index < -0.39 is 53.0 Å². The van der Waals surface area contributed by atoms with E-state index in [1.54, 1.807) is 4.90 Å². The maximum atomic E-state index is 13.9. The molecule has 0 radical (unpaired) electrons. The number of nitrogens with one attached hydrogen (secondary N) is 3. The van der Waals surface area contributed by atoms with Crippen molar-refractivity contribution in [2.45, 2.75) is 117 Å². The van der Waals surface area contributed by atoms with Gasteiger partial charge >= 0.3 is 6.03 Å². The number of primary amides is 1. The normalized spacial score (nSPS) is 23.1. The van der Waals surface area contributed by atoms with Gasteiger partial charge in [0.1, 0.15) is 12.1 Å². The zero-order valence-electron chi connectivity index (χ0n) is 23.9. The molecule has 1 saturated carbocycles. The molecule has 5 atom stereocenters. The molecule has 2 aliphatic rings. The number of hydrogen-bond donors (Lipinski definition) is 5. The molecule has 10 nitrogen and oxygen atoms in total. The number of carbonyl (C=O) groups excluding carboxylic acids is 4. The van der Waals surface area contributed by atoms with E-state index in [-0.39, 0.29) is 17.7 Å². The molecular formula is C27H49N5O5. The van der Waals surface area contributed by atoms with Gasteiger partial charge in [-0.15, -0.1) is 0 Å². The van der Waals surface area contributed by atoms with E-state index in [0.29, 0.717) is 25.3 Å². The van der Waals surface area contributed by atoms with Crippen molar-refractivity contribution in [3.63, 3.8) is 0 Å². The summed E-state index contributed by atoms with van der Waals surface area (Å²) in [7, 11) is 0. The van der Waals surface area contributed by atoms with E-state index in [1.807, 2.05) is 55.4 Å². The Hall–Kier alpha value is -2.36.